The monoisotopic (exact) mass is 256 g/mol. The number of hydrogen-bond donors (Lipinski definition) is 1. The first-order chi connectivity index (χ1) is 6.29. The van der Waals surface area contributed by atoms with Crippen LogP contribution in [0.2, 0.25) is 0 Å². The minimum Gasteiger partial charge on any atom is -0.390 e. The molecule has 1 nitrogen and oxygen atoms in total. The third-order valence-electron chi connectivity index (χ3n) is 2.13. The number of aliphatic hydroxyl groups is 1. The summed E-state index contributed by atoms with van der Waals surface area (Å²) in [6.45, 7) is 7.81. The fraction of sp³-hybridized carbons (Fsp3) is 0.500. The Morgan fingerprint density at radius 3 is 2.00 bits per heavy atom. The zero-order valence-corrected chi connectivity index (χ0v) is 10.8. The van der Waals surface area contributed by atoms with Gasteiger partial charge in [-0.1, -0.05) is 28.1 Å². The summed E-state index contributed by atoms with van der Waals surface area (Å²) in [6.07, 6.45) is 0.696. The molecule has 1 aromatic rings. The Morgan fingerprint density at radius 2 is 1.64 bits per heavy atom. The molecule has 0 aromatic heterocycles. The van der Waals surface area contributed by atoms with Gasteiger partial charge in [0.15, 0.2) is 0 Å². The van der Waals surface area contributed by atoms with Crippen LogP contribution in [0.25, 0.3) is 0 Å². The number of halogens is 1. The fourth-order valence-corrected chi connectivity index (χ4v) is 1.87. The van der Waals surface area contributed by atoms with E-state index in [1.54, 1.807) is 0 Å². The van der Waals surface area contributed by atoms with Crippen molar-refractivity contribution in [3.05, 3.63) is 33.3 Å². The van der Waals surface area contributed by atoms with Crippen molar-refractivity contribution in [2.75, 3.05) is 0 Å². The first-order valence-electron chi connectivity index (χ1n) is 4.77. The molecule has 1 N–H and O–H groups in total. The van der Waals surface area contributed by atoms with E-state index in [0.29, 0.717) is 6.42 Å². The van der Waals surface area contributed by atoms with Gasteiger partial charge in [0.2, 0.25) is 0 Å². The maximum atomic E-state index is 9.71. The van der Waals surface area contributed by atoms with E-state index in [9.17, 15) is 5.11 Å². The molecule has 0 atom stereocenters. The summed E-state index contributed by atoms with van der Waals surface area (Å²) in [5.74, 6) is 0. The highest BCUT2D eigenvalue weighted by molar-refractivity contribution is 9.10. The van der Waals surface area contributed by atoms with Crippen LogP contribution in [0, 0.1) is 13.8 Å². The topological polar surface area (TPSA) is 20.2 Å². The molecule has 0 saturated carbocycles. The van der Waals surface area contributed by atoms with Gasteiger partial charge in [0.05, 0.1) is 5.60 Å². The van der Waals surface area contributed by atoms with Gasteiger partial charge in [-0.2, -0.15) is 0 Å². The SMILES string of the molecule is Cc1cc(CC(C)(C)O)cc(C)c1Br. The highest BCUT2D eigenvalue weighted by Crippen LogP contribution is 2.24. The van der Waals surface area contributed by atoms with Crippen molar-refractivity contribution in [3.8, 4) is 0 Å². The molecular formula is C12H17BrO. The highest BCUT2D eigenvalue weighted by Gasteiger charge is 2.14. The zero-order chi connectivity index (χ0) is 10.9. The largest absolute Gasteiger partial charge is 0.390 e. The molecule has 0 spiro atoms. The van der Waals surface area contributed by atoms with Crippen LogP contribution in [0.4, 0.5) is 0 Å². The van der Waals surface area contributed by atoms with Gasteiger partial charge in [0, 0.05) is 10.9 Å². The Bertz CT molecular complexity index is 314. The van der Waals surface area contributed by atoms with E-state index < -0.39 is 5.60 Å². The predicted molar refractivity (Wildman–Crippen MR) is 63.6 cm³/mol. The molecule has 1 aromatic carbocycles. The summed E-state index contributed by atoms with van der Waals surface area (Å²) in [7, 11) is 0. The van der Waals surface area contributed by atoms with E-state index >= 15 is 0 Å². The van der Waals surface area contributed by atoms with Gasteiger partial charge in [-0.15, -0.1) is 0 Å². The summed E-state index contributed by atoms with van der Waals surface area (Å²) < 4.78 is 1.16. The van der Waals surface area contributed by atoms with Crippen molar-refractivity contribution in [1.29, 1.82) is 0 Å². The van der Waals surface area contributed by atoms with Crippen molar-refractivity contribution < 1.29 is 5.11 Å². The molecule has 0 fully saturated rings. The third kappa shape index (κ3) is 3.10. The number of hydrogen-bond acceptors (Lipinski definition) is 1. The Morgan fingerprint density at radius 1 is 1.21 bits per heavy atom. The Kier molecular flexibility index (Phi) is 3.38. The average molecular weight is 257 g/mol. The second-order valence-electron chi connectivity index (χ2n) is 4.53. The fourth-order valence-electron chi connectivity index (χ4n) is 1.64. The zero-order valence-electron chi connectivity index (χ0n) is 9.19. The van der Waals surface area contributed by atoms with Crippen LogP contribution in [0.3, 0.4) is 0 Å². The highest BCUT2D eigenvalue weighted by atomic mass is 79.9. The number of benzene rings is 1. The molecule has 0 radical (unpaired) electrons. The third-order valence-corrected chi connectivity index (χ3v) is 3.38. The molecule has 0 bridgehead atoms. The van der Waals surface area contributed by atoms with E-state index in [1.807, 2.05) is 13.8 Å². The van der Waals surface area contributed by atoms with Crippen molar-refractivity contribution in [2.24, 2.45) is 0 Å². The van der Waals surface area contributed by atoms with Gasteiger partial charge in [-0.25, -0.2) is 0 Å². The molecule has 0 aliphatic heterocycles. The van der Waals surface area contributed by atoms with E-state index in [0.717, 1.165) is 4.47 Å². The second-order valence-corrected chi connectivity index (χ2v) is 5.33. The van der Waals surface area contributed by atoms with Crippen LogP contribution in [0.5, 0.6) is 0 Å². The number of rotatable bonds is 2. The Balaban J connectivity index is 3.02. The van der Waals surface area contributed by atoms with Gasteiger partial charge in [-0.05, 0) is 44.4 Å². The van der Waals surface area contributed by atoms with Gasteiger partial charge in [0.1, 0.15) is 0 Å². The lowest BCUT2D eigenvalue weighted by Gasteiger charge is -2.18. The van der Waals surface area contributed by atoms with Crippen LogP contribution >= 0.6 is 15.9 Å². The Hall–Kier alpha value is -0.340. The Labute approximate surface area is 94.3 Å². The molecule has 1 rings (SSSR count). The van der Waals surface area contributed by atoms with E-state index in [2.05, 4.69) is 41.9 Å². The van der Waals surface area contributed by atoms with E-state index in [-0.39, 0.29) is 0 Å². The van der Waals surface area contributed by atoms with Crippen molar-refractivity contribution in [2.45, 2.75) is 39.7 Å². The summed E-state index contributed by atoms with van der Waals surface area (Å²) in [6, 6.07) is 4.24. The molecule has 0 unspecified atom stereocenters. The average Bonchev–Trinajstić information content (AvgIpc) is 1.96. The van der Waals surface area contributed by atoms with Gasteiger partial charge in [0.25, 0.3) is 0 Å². The summed E-state index contributed by atoms with van der Waals surface area (Å²) >= 11 is 3.53. The summed E-state index contributed by atoms with van der Waals surface area (Å²) in [4.78, 5) is 0. The molecule has 78 valence electrons. The van der Waals surface area contributed by atoms with Crippen LogP contribution in [0.15, 0.2) is 16.6 Å². The van der Waals surface area contributed by atoms with Crippen LogP contribution in [-0.4, -0.2) is 10.7 Å². The van der Waals surface area contributed by atoms with Gasteiger partial charge >= 0.3 is 0 Å². The molecule has 0 heterocycles. The molecule has 2 heteroatoms. The first kappa shape index (κ1) is 11.7. The van der Waals surface area contributed by atoms with Gasteiger partial charge in [-0.3, -0.25) is 0 Å². The summed E-state index contributed by atoms with van der Waals surface area (Å²) in [5.41, 5.74) is 3.01. The number of aryl methyl sites for hydroxylation is 2. The van der Waals surface area contributed by atoms with Crippen LogP contribution in [-0.2, 0) is 6.42 Å². The summed E-state index contributed by atoms with van der Waals surface area (Å²) in [5, 5.41) is 9.71. The standard InChI is InChI=1S/C12H17BrO/c1-8-5-10(7-12(3,4)14)6-9(2)11(8)13/h5-6,14H,7H2,1-4H3. The minimum atomic E-state index is -0.632. The van der Waals surface area contributed by atoms with Crippen molar-refractivity contribution in [3.63, 3.8) is 0 Å². The van der Waals surface area contributed by atoms with Crippen LogP contribution < -0.4 is 0 Å². The quantitative estimate of drug-likeness (QED) is 0.861. The van der Waals surface area contributed by atoms with Crippen LogP contribution in [0.1, 0.15) is 30.5 Å². The molecule has 0 amide bonds. The van der Waals surface area contributed by atoms with Crippen molar-refractivity contribution >= 4 is 15.9 Å². The minimum absolute atomic E-state index is 0.632. The molecule has 14 heavy (non-hydrogen) atoms. The maximum Gasteiger partial charge on any atom is 0.0631 e. The second kappa shape index (κ2) is 4.03. The lowest BCUT2D eigenvalue weighted by Crippen LogP contribution is -2.21. The van der Waals surface area contributed by atoms with E-state index in [4.69, 9.17) is 0 Å². The van der Waals surface area contributed by atoms with Gasteiger partial charge < -0.3 is 5.11 Å². The smallest absolute Gasteiger partial charge is 0.0631 e. The lowest BCUT2D eigenvalue weighted by atomic mass is 9.96. The first-order valence-corrected chi connectivity index (χ1v) is 5.57. The van der Waals surface area contributed by atoms with Crippen molar-refractivity contribution in [1.82, 2.24) is 0 Å². The maximum absolute atomic E-state index is 9.71. The molecular weight excluding hydrogens is 240 g/mol. The van der Waals surface area contributed by atoms with E-state index in [1.165, 1.54) is 16.7 Å². The predicted octanol–water partition coefficient (Wildman–Crippen LogP) is 3.38. The molecule has 0 aliphatic rings. The lowest BCUT2D eigenvalue weighted by molar-refractivity contribution is 0.0810. The molecule has 0 aliphatic carbocycles. The molecule has 0 saturated heterocycles. The normalized spacial score (nSPS) is 11.9.